The minimum atomic E-state index is -0.524. The fourth-order valence-corrected chi connectivity index (χ4v) is 3.93. The zero-order valence-corrected chi connectivity index (χ0v) is 14.7. The molecule has 0 aromatic heterocycles. The Labute approximate surface area is 137 Å². The number of halogens is 2. The molecule has 2 nitrogen and oxygen atoms in total. The van der Waals surface area contributed by atoms with Crippen molar-refractivity contribution in [3.63, 3.8) is 0 Å². The van der Waals surface area contributed by atoms with Gasteiger partial charge in [-0.05, 0) is 52.3 Å². The van der Waals surface area contributed by atoms with Crippen molar-refractivity contribution < 1.29 is 4.79 Å². The molecule has 1 aromatic rings. The Kier molecular flexibility index (Phi) is 4.60. The van der Waals surface area contributed by atoms with E-state index in [1.165, 1.54) is 0 Å². The first-order valence-corrected chi connectivity index (χ1v) is 8.25. The number of nitrogens with zero attached hydrogens (tertiary/aromatic N) is 1. The fraction of sp³-hybridized carbons (Fsp3) is 0.588. The highest BCUT2D eigenvalue weighted by molar-refractivity contribution is 6.30. The highest BCUT2D eigenvalue weighted by Gasteiger charge is 2.67. The minimum Gasteiger partial charge on any atom is -0.337 e. The van der Waals surface area contributed by atoms with Gasteiger partial charge in [-0.2, -0.15) is 0 Å². The number of hydrogen-bond donors (Lipinski definition) is 0. The summed E-state index contributed by atoms with van der Waals surface area (Å²) in [6, 6.07) is 7.99. The molecule has 3 atom stereocenters. The standard InChI is InChI=1S/C17H23Cl2NO/c1-10(2)20(11(3)4)16(21)17(5)14(15(17)19)12-6-8-13(18)9-7-12/h6-11,14-15H,1-5H3/t14-,15-,17-/m1/s1. The maximum atomic E-state index is 13.0. The van der Waals surface area contributed by atoms with Gasteiger partial charge < -0.3 is 4.90 Å². The summed E-state index contributed by atoms with van der Waals surface area (Å²) < 4.78 is 0. The van der Waals surface area contributed by atoms with Crippen molar-refractivity contribution in [2.75, 3.05) is 0 Å². The molecule has 0 aliphatic heterocycles. The van der Waals surface area contributed by atoms with Gasteiger partial charge in [0.1, 0.15) is 0 Å². The summed E-state index contributed by atoms with van der Waals surface area (Å²) in [5, 5.41) is 0.538. The van der Waals surface area contributed by atoms with Crippen LogP contribution in [0, 0.1) is 5.41 Å². The van der Waals surface area contributed by atoms with Crippen molar-refractivity contribution in [3.8, 4) is 0 Å². The molecule has 1 aliphatic carbocycles. The van der Waals surface area contributed by atoms with E-state index in [2.05, 4.69) is 0 Å². The van der Waals surface area contributed by atoms with Crippen LogP contribution in [0.5, 0.6) is 0 Å². The van der Waals surface area contributed by atoms with Crippen LogP contribution in [0.15, 0.2) is 24.3 Å². The van der Waals surface area contributed by atoms with Crippen molar-refractivity contribution in [2.45, 2.75) is 58.0 Å². The third kappa shape index (κ3) is 2.80. The van der Waals surface area contributed by atoms with Gasteiger partial charge in [-0.1, -0.05) is 23.7 Å². The van der Waals surface area contributed by atoms with Crippen LogP contribution < -0.4 is 0 Å². The van der Waals surface area contributed by atoms with E-state index in [4.69, 9.17) is 23.2 Å². The second-order valence-electron chi connectivity index (χ2n) is 6.61. The average Bonchev–Trinajstić information content (AvgIpc) is 2.93. The molecule has 0 radical (unpaired) electrons. The highest BCUT2D eigenvalue weighted by Crippen LogP contribution is 2.63. The maximum Gasteiger partial charge on any atom is 0.231 e. The van der Waals surface area contributed by atoms with Gasteiger partial charge in [0.05, 0.1) is 10.8 Å². The average molecular weight is 328 g/mol. The lowest BCUT2D eigenvalue weighted by atomic mass is 9.98. The SMILES string of the molecule is CC(C)N(C(=O)[C@@]1(C)[C@H](Cl)[C@H]1c1ccc(Cl)cc1)C(C)C. The van der Waals surface area contributed by atoms with Crippen LogP contribution in [0.25, 0.3) is 0 Å². The van der Waals surface area contributed by atoms with Gasteiger partial charge >= 0.3 is 0 Å². The topological polar surface area (TPSA) is 20.3 Å². The number of amides is 1. The summed E-state index contributed by atoms with van der Waals surface area (Å²) in [5.41, 5.74) is 0.562. The van der Waals surface area contributed by atoms with Crippen LogP contribution in [0.4, 0.5) is 0 Å². The molecule has 0 spiro atoms. The van der Waals surface area contributed by atoms with Crippen LogP contribution >= 0.6 is 23.2 Å². The molecule has 21 heavy (non-hydrogen) atoms. The van der Waals surface area contributed by atoms with Crippen molar-refractivity contribution in [1.29, 1.82) is 0 Å². The lowest BCUT2D eigenvalue weighted by Gasteiger charge is -2.33. The predicted octanol–water partition coefficient (Wildman–Crippen LogP) is 4.70. The lowest BCUT2D eigenvalue weighted by Crippen LogP contribution is -2.46. The summed E-state index contributed by atoms with van der Waals surface area (Å²) in [4.78, 5) is 14.9. The molecule has 1 aromatic carbocycles. The largest absolute Gasteiger partial charge is 0.337 e. The van der Waals surface area contributed by atoms with E-state index in [-0.39, 0.29) is 29.3 Å². The van der Waals surface area contributed by atoms with E-state index in [0.717, 1.165) is 5.56 Å². The molecule has 2 rings (SSSR count). The highest BCUT2D eigenvalue weighted by atomic mass is 35.5. The number of hydrogen-bond acceptors (Lipinski definition) is 1. The van der Waals surface area contributed by atoms with Gasteiger partial charge in [0, 0.05) is 23.0 Å². The summed E-state index contributed by atoms with van der Waals surface area (Å²) in [5.74, 6) is 0.205. The van der Waals surface area contributed by atoms with Gasteiger partial charge in [0.25, 0.3) is 0 Å². The Bertz CT molecular complexity index is 518. The Morgan fingerprint density at radius 3 is 2.05 bits per heavy atom. The summed E-state index contributed by atoms with van der Waals surface area (Å²) in [6.07, 6.45) is 0. The van der Waals surface area contributed by atoms with E-state index >= 15 is 0 Å². The van der Waals surface area contributed by atoms with Crippen LogP contribution in [0.1, 0.15) is 46.1 Å². The van der Waals surface area contributed by atoms with Crippen LogP contribution in [0.3, 0.4) is 0 Å². The summed E-state index contributed by atoms with van der Waals surface area (Å²) in [6.45, 7) is 10.2. The Morgan fingerprint density at radius 2 is 1.62 bits per heavy atom. The van der Waals surface area contributed by atoms with Gasteiger partial charge in [-0.15, -0.1) is 11.6 Å². The quantitative estimate of drug-likeness (QED) is 0.734. The first-order valence-electron chi connectivity index (χ1n) is 7.43. The van der Waals surface area contributed by atoms with Gasteiger partial charge in [0.15, 0.2) is 0 Å². The van der Waals surface area contributed by atoms with E-state index in [1.54, 1.807) is 0 Å². The van der Waals surface area contributed by atoms with Crippen molar-refractivity contribution in [1.82, 2.24) is 4.90 Å². The molecular formula is C17H23Cl2NO. The second-order valence-corrected chi connectivity index (χ2v) is 7.52. The molecule has 4 heteroatoms. The van der Waals surface area contributed by atoms with Crippen LogP contribution in [0.2, 0.25) is 5.02 Å². The molecule has 1 amide bonds. The van der Waals surface area contributed by atoms with E-state index in [0.29, 0.717) is 5.02 Å². The molecule has 1 aliphatic rings. The van der Waals surface area contributed by atoms with E-state index in [9.17, 15) is 4.79 Å². The molecule has 0 saturated heterocycles. The first-order chi connectivity index (χ1) is 9.71. The maximum absolute atomic E-state index is 13.0. The van der Waals surface area contributed by atoms with Crippen molar-refractivity contribution >= 4 is 29.1 Å². The van der Waals surface area contributed by atoms with E-state index < -0.39 is 5.41 Å². The second kappa shape index (κ2) is 5.81. The monoisotopic (exact) mass is 327 g/mol. The Morgan fingerprint density at radius 1 is 1.14 bits per heavy atom. The third-order valence-electron chi connectivity index (χ3n) is 4.44. The predicted molar refractivity (Wildman–Crippen MR) is 89.1 cm³/mol. The minimum absolute atomic E-state index is 0.0592. The number of carbonyl (C=O) groups is 1. The molecule has 0 unspecified atom stereocenters. The fourth-order valence-electron chi connectivity index (χ4n) is 3.24. The molecule has 0 heterocycles. The summed E-state index contributed by atoms with van der Waals surface area (Å²) >= 11 is 12.4. The smallest absolute Gasteiger partial charge is 0.231 e. The zero-order chi connectivity index (χ0) is 15.9. The third-order valence-corrected chi connectivity index (χ3v) is 5.40. The first kappa shape index (κ1) is 16.6. The van der Waals surface area contributed by atoms with Crippen molar-refractivity contribution in [2.24, 2.45) is 5.41 Å². The Balaban J connectivity index is 2.27. The van der Waals surface area contributed by atoms with Gasteiger partial charge in [-0.3, -0.25) is 4.79 Å². The molecule has 0 bridgehead atoms. The number of alkyl halides is 1. The van der Waals surface area contributed by atoms with Gasteiger partial charge in [0.2, 0.25) is 5.91 Å². The van der Waals surface area contributed by atoms with Crippen LogP contribution in [-0.2, 0) is 4.79 Å². The lowest BCUT2D eigenvalue weighted by molar-refractivity contribution is -0.140. The molecular weight excluding hydrogens is 305 g/mol. The molecule has 0 N–H and O–H groups in total. The normalized spacial score (nSPS) is 28.0. The number of rotatable bonds is 4. The number of carbonyl (C=O) groups excluding carboxylic acids is 1. The van der Waals surface area contributed by atoms with E-state index in [1.807, 2.05) is 63.8 Å². The summed E-state index contributed by atoms with van der Waals surface area (Å²) in [7, 11) is 0. The van der Waals surface area contributed by atoms with Gasteiger partial charge in [-0.25, -0.2) is 0 Å². The molecule has 1 saturated carbocycles. The van der Waals surface area contributed by atoms with Crippen LogP contribution in [-0.4, -0.2) is 28.3 Å². The Hall–Kier alpha value is -0.730. The van der Waals surface area contributed by atoms with Crippen molar-refractivity contribution in [3.05, 3.63) is 34.9 Å². The zero-order valence-electron chi connectivity index (χ0n) is 13.2. The molecule has 1 fully saturated rings. The molecule has 116 valence electrons. The number of benzene rings is 1.